The summed E-state index contributed by atoms with van der Waals surface area (Å²) in [5, 5.41) is 18.3. The fourth-order valence-corrected chi connectivity index (χ4v) is 0. The van der Waals surface area contributed by atoms with Crippen molar-refractivity contribution < 1.29 is 64.3 Å². The molecule has 0 fully saturated rings. The summed E-state index contributed by atoms with van der Waals surface area (Å²) in [5.74, 6) is -2.44. The zero-order chi connectivity index (χ0) is 8.57. The largest absolute Gasteiger partial charge is 2.00 e. The third kappa shape index (κ3) is 193. The molecule has 12 heteroatoms. The van der Waals surface area contributed by atoms with Crippen molar-refractivity contribution in [3.63, 3.8) is 0 Å². The second-order valence-corrected chi connectivity index (χ2v) is 1.15. The van der Waals surface area contributed by atoms with Crippen LogP contribution in [0.4, 0.5) is 0 Å². The summed E-state index contributed by atoms with van der Waals surface area (Å²) in [6.45, 7) is -0.778. The number of hydrogen-bond acceptors (Lipinski definition) is 6. The molecule has 0 spiro atoms. The van der Waals surface area contributed by atoms with Crippen LogP contribution in [0.5, 0.6) is 0 Å². The van der Waals surface area contributed by atoms with Crippen LogP contribution in [0.25, 0.3) is 0 Å². The molecule has 0 radical (unpaired) electrons. The van der Waals surface area contributed by atoms with Gasteiger partial charge in [0.2, 0.25) is 0 Å². The van der Waals surface area contributed by atoms with Gasteiger partial charge in [0.1, 0.15) is 0 Å². The van der Waals surface area contributed by atoms with Gasteiger partial charge in [-0.2, -0.15) is 0 Å². The van der Waals surface area contributed by atoms with E-state index in [0.717, 1.165) is 0 Å². The molecule has 11 nitrogen and oxygen atoms in total. The number of nitrogens with two attached hydrogens (primary N) is 2. The summed E-state index contributed by atoms with van der Waals surface area (Å²) in [4.78, 5) is 18.3. The fraction of sp³-hybridized carbons (Fsp3) is 0.500. The van der Waals surface area contributed by atoms with Gasteiger partial charge in [0.05, 0.1) is 11.9 Å². The van der Waals surface area contributed by atoms with Crippen molar-refractivity contribution in [3.8, 4) is 0 Å². The quantitative estimate of drug-likeness (QED) is 0.465. The minimum absolute atomic E-state index is 0. The molecule has 0 amide bonds. The summed E-state index contributed by atoms with van der Waals surface area (Å²) in [5.41, 5.74) is 9.02. The van der Waals surface area contributed by atoms with Crippen LogP contribution in [-0.4, -0.2) is 52.4 Å². The molecule has 0 aliphatic rings. The first-order valence-corrected chi connectivity index (χ1v) is 2.34. The van der Waals surface area contributed by atoms with E-state index in [9.17, 15) is 0 Å². The molecule has 0 saturated carbocycles. The van der Waals surface area contributed by atoms with E-state index < -0.39 is 11.9 Å². The van der Waals surface area contributed by atoms with Crippen LogP contribution in [0, 0.1) is 0 Å². The van der Waals surface area contributed by atoms with Gasteiger partial charge >= 0.3 is 17.1 Å². The van der Waals surface area contributed by atoms with Gasteiger partial charge in [0.15, 0.2) is 0 Å². The van der Waals surface area contributed by atoms with Crippen molar-refractivity contribution in [1.82, 2.24) is 0 Å². The Labute approximate surface area is 101 Å². The molecule has 106 valence electrons. The van der Waals surface area contributed by atoms with Gasteiger partial charge in [0.25, 0.3) is 0 Å². The normalized spacial score (nSPS) is 4.62. The summed E-state index contributed by atoms with van der Waals surface area (Å²) in [6, 6.07) is 0. The molecule has 0 aliphatic heterocycles. The second-order valence-electron chi connectivity index (χ2n) is 1.15. The number of aliphatic carboxylic acids is 2. The van der Waals surface area contributed by atoms with Crippen LogP contribution in [0.2, 0.25) is 0 Å². The molecule has 14 N–H and O–H groups in total. The van der Waals surface area contributed by atoms with Gasteiger partial charge in [-0.25, -0.2) is 0 Å². The van der Waals surface area contributed by atoms with Crippen LogP contribution in [-0.2, 0) is 26.7 Å². The first kappa shape index (κ1) is 59.2. The number of carbonyl (C=O) groups is 2. The average molecular weight is 294 g/mol. The SMILES string of the molecule is NCC(=O)[O-].NCC(=O)[O-].O.O.O.O.O.[Fe+2]. The van der Waals surface area contributed by atoms with E-state index in [1.54, 1.807) is 0 Å². The van der Waals surface area contributed by atoms with Crippen LogP contribution >= 0.6 is 0 Å². The zero-order valence-electron chi connectivity index (χ0n) is 8.06. The van der Waals surface area contributed by atoms with Crippen molar-refractivity contribution in [2.24, 2.45) is 11.5 Å². The van der Waals surface area contributed by atoms with Crippen molar-refractivity contribution in [2.75, 3.05) is 13.1 Å². The fourth-order valence-electron chi connectivity index (χ4n) is 0. The Kier molecular flexibility index (Phi) is 177. The number of carbonyl (C=O) groups excluding carboxylic acids is 2. The van der Waals surface area contributed by atoms with Crippen LogP contribution in [0.3, 0.4) is 0 Å². The van der Waals surface area contributed by atoms with Gasteiger partial charge in [-0.1, -0.05) is 0 Å². The smallest absolute Gasteiger partial charge is 0.549 e. The third-order valence-electron chi connectivity index (χ3n) is 0.333. The minimum atomic E-state index is -1.22. The molecular weight excluding hydrogens is 276 g/mol. The number of carboxylic acid groups (broad SMARTS) is 2. The molecule has 0 aromatic rings. The zero-order valence-corrected chi connectivity index (χ0v) is 9.16. The van der Waals surface area contributed by atoms with Crippen molar-refractivity contribution >= 4 is 11.9 Å². The third-order valence-corrected chi connectivity index (χ3v) is 0.333. The van der Waals surface area contributed by atoms with Gasteiger partial charge in [-0.3, -0.25) is 0 Å². The van der Waals surface area contributed by atoms with Crippen LogP contribution in [0.1, 0.15) is 0 Å². The van der Waals surface area contributed by atoms with E-state index >= 15 is 0 Å². The maximum absolute atomic E-state index is 9.13. The molecule has 0 aromatic carbocycles. The van der Waals surface area contributed by atoms with Crippen LogP contribution in [0.15, 0.2) is 0 Å². The standard InChI is InChI=1S/2C2H5NO2.Fe.5H2O/c2*3-1-2(4)5;;;;;;/h2*1,3H2,(H,4,5);;5*1H2/q;;+2;;;;;/p-2. The first-order valence-electron chi connectivity index (χ1n) is 2.34. The first-order chi connectivity index (χ1) is 4.54. The molecule has 0 rings (SSSR count). The summed E-state index contributed by atoms with van der Waals surface area (Å²) in [7, 11) is 0. The van der Waals surface area contributed by atoms with E-state index in [-0.39, 0.29) is 57.5 Å². The van der Waals surface area contributed by atoms with E-state index in [1.165, 1.54) is 0 Å². The molecule has 0 aromatic heterocycles. The molecule has 0 unspecified atom stereocenters. The number of carboxylic acids is 2. The van der Waals surface area contributed by atoms with Gasteiger partial charge in [-0.15, -0.1) is 0 Å². The Bertz CT molecular complexity index is 110. The molecule has 0 aliphatic carbocycles. The Morgan fingerprint density at radius 3 is 0.812 bits per heavy atom. The maximum atomic E-state index is 9.13. The summed E-state index contributed by atoms with van der Waals surface area (Å²) >= 11 is 0. The van der Waals surface area contributed by atoms with Gasteiger partial charge < -0.3 is 58.7 Å². The van der Waals surface area contributed by atoms with Crippen molar-refractivity contribution in [1.29, 1.82) is 0 Å². The Hall–Kier alpha value is -0.821. The Morgan fingerprint density at radius 2 is 0.812 bits per heavy atom. The van der Waals surface area contributed by atoms with E-state index in [1.807, 2.05) is 0 Å². The molecule has 0 atom stereocenters. The molecule has 16 heavy (non-hydrogen) atoms. The minimum Gasteiger partial charge on any atom is -0.549 e. The molecule has 0 heterocycles. The summed E-state index contributed by atoms with van der Waals surface area (Å²) < 4.78 is 0. The number of rotatable bonds is 2. The Balaban J connectivity index is -0.00000000970. The summed E-state index contributed by atoms with van der Waals surface area (Å²) in [6.07, 6.45) is 0. The van der Waals surface area contributed by atoms with Crippen molar-refractivity contribution in [3.05, 3.63) is 0 Å². The van der Waals surface area contributed by atoms with E-state index in [0.29, 0.717) is 0 Å². The second kappa shape index (κ2) is 47.8. The predicted molar refractivity (Wildman–Crippen MR) is 46.2 cm³/mol. The predicted octanol–water partition coefficient (Wildman–Crippen LogP) is -8.74. The molecule has 0 bridgehead atoms. The Morgan fingerprint density at radius 1 is 0.750 bits per heavy atom. The van der Waals surface area contributed by atoms with Crippen LogP contribution < -0.4 is 21.7 Å². The van der Waals surface area contributed by atoms with E-state index in [2.05, 4.69) is 11.5 Å². The van der Waals surface area contributed by atoms with Gasteiger partial charge in [-0.05, 0) is 0 Å². The molecule has 0 saturated heterocycles. The van der Waals surface area contributed by atoms with Gasteiger partial charge in [0, 0.05) is 13.1 Å². The van der Waals surface area contributed by atoms with Crippen molar-refractivity contribution in [2.45, 2.75) is 0 Å². The maximum Gasteiger partial charge on any atom is 2.00 e. The monoisotopic (exact) mass is 294 g/mol. The topological polar surface area (TPSA) is 290 Å². The number of hydrogen-bond donors (Lipinski definition) is 2. The average Bonchev–Trinajstić information content (AvgIpc) is 1.89. The van der Waals surface area contributed by atoms with E-state index in [4.69, 9.17) is 19.8 Å². The molecular formula is C4H18FeN2O9.